The Balaban J connectivity index is 1.23. The number of carbonyl (C=O) groups is 5. The van der Waals surface area contributed by atoms with Gasteiger partial charge in [-0.2, -0.15) is 0 Å². The first-order chi connectivity index (χ1) is 19.3. The second kappa shape index (κ2) is 12.8. The van der Waals surface area contributed by atoms with Gasteiger partial charge in [0.2, 0.25) is 0 Å². The maximum Gasteiger partial charge on any atom is 0.345 e. The third-order valence-electron chi connectivity index (χ3n) is 5.82. The molecule has 40 heavy (non-hydrogen) atoms. The van der Waals surface area contributed by atoms with Gasteiger partial charge in [-0.1, -0.05) is 84.9 Å². The fraction of sp³-hybridized carbons (Fsp3) is 0.0625. The van der Waals surface area contributed by atoms with E-state index in [0.29, 0.717) is 22.3 Å². The van der Waals surface area contributed by atoms with E-state index in [9.17, 15) is 24.0 Å². The summed E-state index contributed by atoms with van der Waals surface area (Å²) in [4.78, 5) is 61.7. The standard InChI is InChI=1S/C32H23NO7/c33-27(39-31(37)25-15-11-23(12-16-25)29(35)21-7-3-1-4-8-21)19-20-28(34)40-32(38)26-17-13-24(14-18-26)30(36)22-9-5-2-6-10-22/h1-18,33H,19-20H2. The maximum absolute atomic E-state index is 12.5. The van der Waals surface area contributed by atoms with Gasteiger partial charge in [-0.25, -0.2) is 9.59 Å². The van der Waals surface area contributed by atoms with Gasteiger partial charge in [-0.15, -0.1) is 0 Å². The van der Waals surface area contributed by atoms with E-state index in [1.54, 1.807) is 60.7 Å². The fourth-order valence-corrected chi connectivity index (χ4v) is 3.68. The highest BCUT2D eigenvalue weighted by molar-refractivity contribution is 6.10. The van der Waals surface area contributed by atoms with E-state index in [2.05, 4.69) is 0 Å². The third-order valence-corrected chi connectivity index (χ3v) is 5.82. The van der Waals surface area contributed by atoms with Gasteiger partial charge >= 0.3 is 17.9 Å². The molecule has 1 N–H and O–H groups in total. The fourth-order valence-electron chi connectivity index (χ4n) is 3.68. The van der Waals surface area contributed by atoms with Crippen molar-refractivity contribution in [1.29, 1.82) is 5.41 Å². The molecular formula is C32H23NO7. The zero-order valence-corrected chi connectivity index (χ0v) is 21.2. The Morgan fingerprint density at radius 1 is 0.450 bits per heavy atom. The molecule has 4 aromatic carbocycles. The number of hydrogen-bond acceptors (Lipinski definition) is 8. The van der Waals surface area contributed by atoms with Crippen LogP contribution in [0.3, 0.4) is 0 Å². The van der Waals surface area contributed by atoms with Gasteiger partial charge in [0.05, 0.1) is 17.5 Å². The molecule has 8 heteroatoms. The Morgan fingerprint density at radius 3 is 1.23 bits per heavy atom. The quantitative estimate of drug-likeness (QED) is 0.0997. The lowest BCUT2D eigenvalue weighted by Gasteiger charge is -2.07. The molecular weight excluding hydrogens is 510 g/mol. The van der Waals surface area contributed by atoms with Gasteiger partial charge in [0.15, 0.2) is 17.5 Å². The predicted octanol–water partition coefficient (Wildman–Crippen LogP) is 5.45. The van der Waals surface area contributed by atoms with Gasteiger partial charge in [0.25, 0.3) is 0 Å². The smallest absolute Gasteiger partial charge is 0.345 e. The molecule has 0 aliphatic carbocycles. The zero-order valence-electron chi connectivity index (χ0n) is 21.2. The first-order valence-electron chi connectivity index (χ1n) is 12.3. The first-order valence-corrected chi connectivity index (χ1v) is 12.3. The van der Waals surface area contributed by atoms with Gasteiger partial charge in [0, 0.05) is 28.7 Å². The summed E-state index contributed by atoms with van der Waals surface area (Å²) in [5.41, 5.74) is 1.99. The lowest BCUT2D eigenvalue weighted by atomic mass is 10.0. The van der Waals surface area contributed by atoms with Crippen LogP contribution < -0.4 is 0 Å². The summed E-state index contributed by atoms with van der Waals surface area (Å²) in [5.74, 6) is -3.52. The van der Waals surface area contributed by atoms with Crippen LogP contribution in [-0.4, -0.2) is 35.4 Å². The van der Waals surface area contributed by atoms with E-state index in [1.165, 1.54) is 48.5 Å². The van der Waals surface area contributed by atoms with Crippen molar-refractivity contribution in [3.05, 3.63) is 143 Å². The van der Waals surface area contributed by atoms with Crippen molar-refractivity contribution < 1.29 is 33.4 Å². The van der Waals surface area contributed by atoms with Crippen LogP contribution in [0.2, 0.25) is 0 Å². The molecule has 4 rings (SSSR count). The van der Waals surface area contributed by atoms with Gasteiger partial charge in [-0.3, -0.25) is 19.8 Å². The number of nitrogens with one attached hydrogen (secondary N) is 1. The Kier molecular flexibility index (Phi) is 8.84. The number of rotatable bonds is 9. The summed E-state index contributed by atoms with van der Waals surface area (Å²) in [7, 11) is 0. The Bertz CT molecular complexity index is 1440. The molecule has 0 aliphatic rings. The van der Waals surface area contributed by atoms with Crippen LogP contribution in [0.5, 0.6) is 0 Å². The molecule has 8 nitrogen and oxygen atoms in total. The summed E-state index contributed by atoms with van der Waals surface area (Å²) in [6.45, 7) is 0. The number of ketones is 2. The molecule has 0 atom stereocenters. The van der Waals surface area contributed by atoms with Crippen molar-refractivity contribution in [2.24, 2.45) is 0 Å². The summed E-state index contributed by atoms with van der Waals surface area (Å²) in [6, 6.07) is 28.9. The second-order valence-corrected chi connectivity index (χ2v) is 8.62. The minimum atomic E-state index is -0.905. The average molecular weight is 534 g/mol. The molecule has 0 saturated heterocycles. The minimum Gasteiger partial charge on any atom is -0.409 e. The van der Waals surface area contributed by atoms with E-state index >= 15 is 0 Å². The molecule has 0 heterocycles. The van der Waals surface area contributed by atoms with Crippen molar-refractivity contribution in [2.45, 2.75) is 12.8 Å². The van der Waals surface area contributed by atoms with Gasteiger partial charge in [-0.05, 0) is 24.3 Å². The van der Waals surface area contributed by atoms with Crippen LogP contribution >= 0.6 is 0 Å². The Morgan fingerprint density at radius 2 is 0.800 bits per heavy atom. The molecule has 0 unspecified atom stereocenters. The van der Waals surface area contributed by atoms with Crippen LogP contribution in [0, 0.1) is 5.41 Å². The topological polar surface area (TPSA) is 128 Å². The largest absolute Gasteiger partial charge is 0.409 e. The number of hydrogen-bond donors (Lipinski definition) is 1. The number of esters is 3. The highest BCUT2D eigenvalue weighted by Gasteiger charge is 2.18. The third kappa shape index (κ3) is 7.08. The first kappa shape index (κ1) is 27.5. The van der Waals surface area contributed by atoms with Crippen molar-refractivity contribution in [3.63, 3.8) is 0 Å². The Labute approximate surface area is 229 Å². The molecule has 0 aromatic heterocycles. The van der Waals surface area contributed by atoms with Crippen LogP contribution in [-0.2, 0) is 14.3 Å². The Hall–Kier alpha value is -5.50. The summed E-state index contributed by atoms with van der Waals surface area (Å²) >= 11 is 0. The number of carbonyl (C=O) groups excluding carboxylic acids is 5. The van der Waals surface area contributed by atoms with Crippen molar-refractivity contribution in [1.82, 2.24) is 0 Å². The average Bonchev–Trinajstić information content (AvgIpc) is 3.00. The number of ether oxygens (including phenoxy) is 2. The molecule has 0 saturated carbocycles. The molecule has 0 spiro atoms. The molecule has 4 aromatic rings. The van der Waals surface area contributed by atoms with Crippen LogP contribution in [0.25, 0.3) is 0 Å². The van der Waals surface area contributed by atoms with E-state index in [0.717, 1.165) is 0 Å². The maximum atomic E-state index is 12.5. The molecule has 0 radical (unpaired) electrons. The summed E-state index contributed by atoms with van der Waals surface area (Å²) in [6.07, 6.45) is -0.639. The van der Waals surface area contributed by atoms with Gasteiger partial charge in [0.1, 0.15) is 0 Å². The molecule has 0 fully saturated rings. The van der Waals surface area contributed by atoms with Gasteiger partial charge < -0.3 is 9.47 Å². The van der Waals surface area contributed by atoms with Crippen molar-refractivity contribution in [2.75, 3.05) is 0 Å². The predicted molar refractivity (Wildman–Crippen MR) is 145 cm³/mol. The highest BCUT2D eigenvalue weighted by Crippen LogP contribution is 2.14. The molecule has 0 amide bonds. The molecule has 0 aliphatic heterocycles. The summed E-state index contributed by atoms with van der Waals surface area (Å²) in [5, 5.41) is 7.84. The second-order valence-electron chi connectivity index (χ2n) is 8.62. The van der Waals surface area contributed by atoms with Crippen LogP contribution in [0.4, 0.5) is 0 Å². The van der Waals surface area contributed by atoms with Crippen LogP contribution in [0.1, 0.15) is 65.4 Å². The number of benzene rings is 4. The van der Waals surface area contributed by atoms with E-state index in [4.69, 9.17) is 14.9 Å². The lowest BCUT2D eigenvalue weighted by molar-refractivity contribution is -0.137. The normalized spacial score (nSPS) is 10.3. The molecule has 0 bridgehead atoms. The van der Waals surface area contributed by atoms with E-state index in [1.807, 2.05) is 0 Å². The van der Waals surface area contributed by atoms with Crippen LogP contribution in [0.15, 0.2) is 109 Å². The van der Waals surface area contributed by atoms with E-state index in [-0.39, 0.29) is 35.5 Å². The SMILES string of the molecule is N=C(CCC(=O)OC(=O)c1ccc(C(=O)c2ccccc2)cc1)OC(=O)c1ccc(C(=O)c2ccccc2)cc1. The zero-order chi connectivity index (χ0) is 28.5. The van der Waals surface area contributed by atoms with E-state index < -0.39 is 23.8 Å². The molecule has 198 valence electrons. The lowest BCUT2D eigenvalue weighted by Crippen LogP contribution is -2.16. The monoisotopic (exact) mass is 533 g/mol. The van der Waals surface area contributed by atoms with Crippen molar-refractivity contribution >= 4 is 35.4 Å². The highest BCUT2D eigenvalue weighted by atomic mass is 16.6. The summed E-state index contributed by atoms with van der Waals surface area (Å²) < 4.78 is 9.77. The minimum absolute atomic E-state index is 0.0775. The van der Waals surface area contributed by atoms with Crippen molar-refractivity contribution in [3.8, 4) is 0 Å².